The highest BCUT2D eigenvalue weighted by molar-refractivity contribution is 6.31. The standard InChI is InChI=1S/C17H29N.C16H27N.C15H24ClN.C15H22F3N.2C15H24FN.C15H25N/c1-8-18-16(11-17(5,6)7)15-10-13(3)12(2)9-14(15)4;1-7-17-15(11-16(4,5)6)14-9-8-12(2)10-13(14)3;1-6-17-14(10-15(3,4)5)12-8-7-11(2)13(16)9-12;1-5-19-13(10-14(2,3)4)11-7-6-8-12(9-11)15(16,17)18;1-6-17-14(10-15(3,4)5)12-8-7-11(2)13(16)9-12;1-6-17-14(10-15(3,4)5)12-8-7-11(2)9-13(12)16;1-6-16-14(11-15(3,4)5)13-9-7-12(2)8-10-13/h9-10,16,18H,8,11H2,1-7H3;8-10,15,17H,7,11H2,1-6H3;7-9,14,17H,6,10H2,1-5H3;6-9,13,19H,5,10H2,1-4H3;2*7-9,14,17H,6,10H2,1-5H3;7-10,14,16H,6,11H2,1-5H3. The molecule has 13 heteroatoms. The van der Waals surface area contributed by atoms with Gasteiger partial charge in [0.15, 0.2) is 0 Å². The lowest BCUT2D eigenvalue weighted by Gasteiger charge is -2.28. The summed E-state index contributed by atoms with van der Waals surface area (Å²) in [6, 6.07) is 45.4. The molecule has 0 aromatic heterocycles. The Kier molecular flexibility index (Phi) is 49.6. The molecule has 684 valence electrons. The predicted octanol–water partition coefficient (Wildman–Crippen LogP) is 31.1. The maximum Gasteiger partial charge on any atom is 0.416 e. The van der Waals surface area contributed by atoms with Crippen molar-refractivity contribution in [3.05, 3.63) is 245 Å². The highest BCUT2D eigenvalue weighted by Gasteiger charge is 2.32. The molecule has 121 heavy (non-hydrogen) atoms. The van der Waals surface area contributed by atoms with E-state index in [2.05, 4.69) is 338 Å². The van der Waals surface area contributed by atoms with Crippen molar-refractivity contribution in [2.75, 3.05) is 45.8 Å². The van der Waals surface area contributed by atoms with Gasteiger partial charge in [0, 0.05) is 52.9 Å². The third kappa shape index (κ3) is 48.5. The zero-order valence-electron chi connectivity index (χ0n) is 83.4. The van der Waals surface area contributed by atoms with Crippen molar-refractivity contribution < 1.29 is 22.0 Å². The minimum absolute atomic E-state index is 0.0488. The second-order valence-corrected chi connectivity index (χ2v) is 42.8. The number of hydrogen-bond acceptors (Lipinski definition) is 7. The van der Waals surface area contributed by atoms with E-state index in [0.717, 1.165) is 105 Å². The first kappa shape index (κ1) is 113. The van der Waals surface area contributed by atoms with Gasteiger partial charge in [0.25, 0.3) is 0 Å². The van der Waals surface area contributed by atoms with Crippen molar-refractivity contribution in [1.29, 1.82) is 0 Å². The molecule has 7 nitrogen and oxygen atoms in total. The highest BCUT2D eigenvalue weighted by Crippen LogP contribution is 2.39. The molecule has 0 aliphatic carbocycles. The molecule has 7 N–H and O–H groups in total. The zero-order chi connectivity index (χ0) is 93.0. The number of aryl methyl sites for hydroxylation is 9. The maximum absolute atomic E-state index is 14.0. The van der Waals surface area contributed by atoms with Gasteiger partial charge >= 0.3 is 6.18 Å². The van der Waals surface area contributed by atoms with Crippen molar-refractivity contribution in [1.82, 2.24) is 37.2 Å². The van der Waals surface area contributed by atoms with Crippen LogP contribution < -0.4 is 37.2 Å². The van der Waals surface area contributed by atoms with Gasteiger partial charge in [-0.05, 0) is 294 Å². The van der Waals surface area contributed by atoms with Crippen LogP contribution in [0.4, 0.5) is 22.0 Å². The quantitative estimate of drug-likeness (QED) is 0.0246. The first-order valence-corrected chi connectivity index (χ1v) is 45.8. The first-order valence-electron chi connectivity index (χ1n) is 45.4. The Hall–Kier alpha value is -5.80. The molecule has 0 aliphatic rings. The molecule has 7 atom stereocenters. The van der Waals surface area contributed by atoms with Gasteiger partial charge in [-0.15, -0.1) is 0 Å². The van der Waals surface area contributed by atoms with E-state index >= 15 is 0 Å². The minimum Gasteiger partial charge on any atom is -0.310 e. The van der Waals surface area contributed by atoms with Crippen LogP contribution in [0.1, 0.15) is 376 Å². The molecule has 7 unspecified atom stereocenters. The second kappa shape index (κ2) is 53.0. The Balaban J connectivity index is 0.000000706. The Morgan fingerprint density at radius 2 is 0.554 bits per heavy atom. The van der Waals surface area contributed by atoms with E-state index < -0.39 is 11.7 Å². The van der Waals surface area contributed by atoms with Crippen LogP contribution in [-0.2, 0) is 6.18 Å². The van der Waals surface area contributed by atoms with Gasteiger partial charge in [-0.1, -0.05) is 320 Å². The van der Waals surface area contributed by atoms with Crippen LogP contribution in [0.25, 0.3) is 0 Å². The van der Waals surface area contributed by atoms with Crippen LogP contribution in [0, 0.1) is 112 Å². The average molecular weight is 1700 g/mol. The van der Waals surface area contributed by atoms with Gasteiger partial charge in [-0.25, -0.2) is 8.78 Å². The van der Waals surface area contributed by atoms with E-state index in [4.69, 9.17) is 11.6 Å². The Morgan fingerprint density at radius 3 is 0.909 bits per heavy atom. The summed E-state index contributed by atoms with van der Waals surface area (Å²) in [6.45, 7) is 87.2. The van der Waals surface area contributed by atoms with E-state index in [1.807, 2.05) is 45.0 Å². The molecule has 0 aliphatic heterocycles. The topological polar surface area (TPSA) is 84.2 Å². The maximum atomic E-state index is 14.0. The van der Waals surface area contributed by atoms with Crippen LogP contribution >= 0.6 is 11.6 Å². The second-order valence-electron chi connectivity index (χ2n) is 42.4. The number of rotatable bonds is 28. The molecule has 0 amide bonds. The van der Waals surface area contributed by atoms with Crippen molar-refractivity contribution in [2.45, 2.75) is 350 Å². The first-order chi connectivity index (χ1) is 55.6. The van der Waals surface area contributed by atoms with E-state index in [9.17, 15) is 22.0 Å². The summed E-state index contributed by atoms with van der Waals surface area (Å²) in [5.74, 6) is -0.209. The lowest BCUT2D eigenvalue weighted by Crippen LogP contribution is -2.26. The largest absolute Gasteiger partial charge is 0.416 e. The number of hydrogen-bond donors (Lipinski definition) is 7. The molecule has 0 radical (unpaired) electrons. The fourth-order valence-corrected chi connectivity index (χ4v) is 15.2. The van der Waals surface area contributed by atoms with Crippen molar-refractivity contribution in [2.24, 2.45) is 37.9 Å². The molecule has 0 bridgehead atoms. The molecule has 0 heterocycles. The summed E-state index contributed by atoms with van der Waals surface area (Å²) in [5, 5.41) is 25.3. The molecule has 7 aromatic rings. The Labute approximate surface area is 744 Å². The number of halogens is 6. The number of benzene rings is 7. The van der Waals surface area contributed by atoms with Gasteiger partial charge in [-0.2, -0.15) is 13.2 Å². The molecule has 7 aromatic carbocycles. The van der Waals surface area contributed by atoms with E-state index in [1.165, 1.54) is 87.0 Å². The van der Waals surface area contributed by atoms with E-state index in [0.29, 0.717) is 57.0 Å². The van der Waals surface area contributed by atoms with Gasteiger partial charge in [-0.3, -0.25) is 0 Å². The average Bonchev–Trinajstić information content (AvgIpc) is 0.830. The normalized spacial score (nSPS) is 13.9. The molecule has 0 saturated heterocycles. The highest BCUT2D eigenvalue weighted by atomic mass is 35.5. The summed E-state index contributed by atoms with van der Waals surface area (Å²) in [5.41, 5.74) is 20.5. The summed E-state index contributed by atoms with van der Waals surface area (Å²) in [6.07, 6.45) is 3.07. The lowest BCUT2D eigenvalue weighted by atomic mass is 9.83. The minimum atomic E-state index is -4.28. The Bertz CT molecular complexity index is 3890. The van der Waals surface area contributed by atoms with Crippen molar-refractivity contribution >= 4 is 11.6 Å². The fraction of sp³-hybridized carbons (Fsp3) is 0.611. The lowest BCUT2D eigenvalue weighted by molar-refractivity contribution is -0.137. The third-order valence-corrected chi connectivity index (χ3v) is 21.2. The SMILES string of the molecule is CCNC(CC(C)(C)C)c1cc(C)c(C)cc1C.CCNC(CC(C)(C)C)c1ccc(C)c(Cl)c1.CCNC(CC(C)(C)C)c1ccc(C)c(F)c1.CCNC(CC(C)(C)C)c1ccc(C)cc1.CCNC(CC(C)(C)C)c1ccc(C)cc1C.CCNC(CC(C)(C)C)c1ccc(C)cc1F.CCNC(CC(C)(C)C)c1cccc(C(F)(F)F)c1. The summed E-state index contributed by atoms with van der Waals surface area (Å²) >= 11 is 6.20. The number of alkyl halides is 3. The van der Waals surface area contributed by atoms with Crippen LogP contribution in [0.15, 0.2) is 133 Å². The third-order valence-electron chi connectivity index (χ3n) is 20.8. The molecular formula is C108H175ClF5N7. The van der Waals surface area contributed by atoms with Crippen LogP contribution in [-0.4, -0.2) is 45.8 Å². The Morgan fingerprint density at radius 1 is 0.256 bits per heavy atom. The van der Waals surface area contributed by atoms with Gasteiger partial charge in [0.1, 0.15) is 11.6 Å². The van der Waals surface area contributed by atoms with Gasteiger partial charge < -0.3 is 37.2 Å². The van der Waals surface area contributed by atoms with Crippen LogP contribution in [0.2, 0.25) is 5.02 Å². The zero-order valence-corrected chi connectivity index (χ0v) is 84.2. The van der Waals surface area contributed by atoms with E-state index in [-0.39, 0.29) is 46.0 Å². The predicted molar refractivity (Wildman–Crippen MR) is 521 cm³/mol. The fourth-order valence-electron chi connectivity index (χ4n) is 15.0. The molecule has 0 spiro atoms. The van der Waals surface area contributed by atoms with Crippen molar-refractivity contribution in [3.63, 3.8) is 0 Å². The molecule has 7 rings (SSSR count). The molecular weight excluding hydrogens is 1530 g/mol. The van der Waals surface area contributed by atoms with Crippen LogP contribution in [0.5, 0.6) is 0 Å². The molecule has 0 saturated carbocycles. The van der Waals surface area contributed by atoms with Gasteiger partial charge in [0.05, 0.1) is 5.56 Å². The monoisotopic (exact) mass is 1700 g/mol. The summed E-state index contributed by atoms with van der Waals surface area (Å²) < 4.78 is 65.7. The van der Waals surface area contributed by atoms with Crippen molar-refractivity contribution in [3.8, 4) is 0 Å². The smallest absolute Gasteiger partial charge is 0.310 e. The van der Waals surface area contributed by atoms with E-state index in [1.54, 1.807) is 25.1 Å². The molecule has 0 fully saturated rings. The summed E-state index contributed by atoms with van der Waals surface area (Å²) in [4.78, 5) is 0. The summed E-state index contributed by atoms with van der Waals surface area (Å²) in [7, 11) is 0. The van der Waals surface area contributed by atoms with Crippen LogP contribution in [0.3, 0.4) is 0 Å². The number of nitrogens with one attached hydrogen (secondary N) is 7. The van der Waals surface area contributed by atoms with Gasteiger partial charge in [0.2, 0.25) is 0 Å².